The first kappa shape index (κ1) is 16.9. The van der Waals surface area contributed by atoms with Gasteiger partial charge in [-0.2, -0.15) is 10.1 Å². The standard InChI is InChI=1S/C16H26N6O2/c1-16(2,3)22-13-12(8-17-22)14(23)19-15(18-13)21-6-7-24-11(10-21)9-20(4)5/h8,11H,6-7,9-10H2,1-5H3,(H,18,19,23). The maximum absolute atomic E-state index is 12.4. The molecule has 1 N–H and O–H groups in total. The molecule has 2 aromatic heterocycles. The molecule has 0 aromatic carbocycles. The lowest BCUT2D eigenvalue weighted by Gasteiger charge is -2.34. The lowest BCUT2D eigenvalue weighted by atomic mass is 10.1. The van der Waals surface area contributed by atoms with E-state index < -0.39 is 0 Å². The van der Waals surface area contributed by atoms with Crippen LogP contribution < -0.4 is 10.5 Å². The smallest absolute Gasteiger partial charge is 0.263 e. The van der Waals surface area contributed by atoms with Gasteiger partial charge in [0, 0.05) is 19.6 Å². The number of aromatic amines is 1. The zero-order valence-electron chi connectivity index (χ0n) is 15.0. The zero-order chi connectivity index (χ0) is 17.5. The van der Waals surface area contributed by atoms with E-state index in [1.807, 2.05) is 34.9 Å². The summed E-state index contributed by atoms with van der Waals surface area (Å²) in [6.45, 7) is 9.01. The molecule has 1 aliphatic heterocycles. The monoisotopic (exact) mass is 334 g/mol. The number of fused-ring (bicyclic) bond motifs is 1. The fourth-order valence-corrected chi connectivity index (χ4v) is 2.98. The average molecular weight is 334 g/mol. The van der Waals surface area contributed by atoms with Crippen LogP contribution in [-0.2, 0) is 10.3 Å². The Morgan fingerprint density at radius 1 is 1.42 bits per heavy atom. The van der Waals surface area contributed by atoms with E-state index in [1.54, 1.807) is 10.9 Å². The van der Waals surface area contributed by atoms with E-state index in [1.165, 1.54) is 0 Å². The van der Waals surface area contributed by atoms with Crippen LogP contribution >= 0.6 is 0 Å². The van der Waals surface area contributed by atoms with E-state index in [2.05, 4.69) is 19.9 Å². The Bertz CT molecular complexity index is 773. The highest BCUT2D eigenvalue weighted by Crippen LogP contribution is 2.20. The number of hydrogen-bond donors (Lipinski definition) is 1. The van der Waals surface area contributed by atoms with Crippen LogP contribution in [0, 0.1) is 0 Å². The highest BCUT2D eigenvalue weighted by molar-refractivity contribution is 5.74. The molecule has 1 fully saturated rings. The van der Waals surface area contributed by atoms with Crippen LogP contribution in [0.3, 0.4) is 0 Å². The van der Waals surface area contributed by atoms with Gasteiger partial charge in [-0.05, 0) is 34.9 Å². The predicted octanol–water partition coefficient (Wildman–Crippen LogP) is 0.641. The third kappa shape index (κ3) is 3.29. The third-order valence-corrected chi connectivity index (χ3v) is 4.07. The van der Waals surface area contributed by atoms with Gasteiger partial charge in [0.05, 0.1) is 24.4 Å². The summed E-state index contributed by atoms with van der Waals surface area (Å²) in [5, 5.41) is 4.87. The fraction of sp³-hybridized carbons (Fsp3) is 0.688. The van der Waals surface area contributed by atoms with Gasteiger partial charge < -0.3 is 14.5 Å². The molecule has 0 aliphatic carbocycles. The molecule has 2 aromatic rings. The number of aromatic nitrogens is 4. The summed E-state index contributed by atoms with van der Waals surface area (Å²) >= 11 is 0. The van der Waals surface area contributed by atoms with Gasteiger partial charge in [-0.3, -0.25) is 9.78 Å². The van der Waals surface area contributed by atoms with Crippen molar-refractivity contribution in [2.75, 3.05) is 45.2 Å². The van der Waals surface area contributed by atoms with Gasteiger partial charge in [-0.1, -0.05) is 0 Å². The second kappa shape index (κ2) is 6.18. The molecule has 3 rings (SSSR count). The van der Waals surface area contributed by atoms with Crippen molar-refractivity contribution in [2.45, 2.75) is 32.4 Å². The minimum atomic E-state index is -0.238. The van der Waals surface area contributed by atoms with Crippen molar-refractivity contribution >= 4 is 17.0 Å². The second-order valence-corrected chi connectivity index (χ2v) is 7.56. The Morgan fingerprint density at radius 3 is 2.83 bits per heavy atom. The topological polar surface area (TPSA) is 79.3 Å². The van der Waals surface area contributed by atoms with Crippen molar-refractivity contribution in [1.29, 1.82) is 0 Å². The van der Waals surface area contributed by atoms with Gasteiger partial charge in [0.1, 0.15) is 5.39 Å². The fourth-order valence-electron chi connectivity index (χ4n) is 2.98. The minimum absolute atomic E-state index is 0.0993. The van der Waals surface area contributed by atoms with Crippen LogP contribution in [0.15, 0.2) is 11.0 Å². The Morgan fingerprint density at radius 2 is 2.17 bits per heavy atom. The zero-order valence-corrected chi connectivity index (χ0v) is 15.0. The number of likely N-dealkylation sites (N-methyl/N-ethyl adjacent to an activating group) is 1. The molecule has 0 amide bonds. The van der Waals surface area contributed by atoms with E-state index in [9.17, 15) is 4.79 Å². The Balaban J connectivity index is 1.96. The first-order valence-electron chi connectivity index (χ1n) is 8.25. The molecule has 0 spiro atoms. The maximum Gasteiger partial charge on any atom is 0.263 e. The highest BCUT2D eigenvalue weighted by Gasteiger charge is 2.25. The molecule has 1 aliphatic rings. The lowest BCUT2D eigenvalue weighted by molar-refractivity contribution is 0.0243. The first-order valence-corrected chi connectivity index (χ1v) is 8.25. The number of nitrogens with one attached hydrogen (secondary N) is 1. The van der Waals surface area contributed by atoms with Gasteiger partial charge in [0.2, 0.25) is 5.95 Å². The average Bonchev–Trinajstić information content (AvgIpc) is 2.91. The van der Waals surface area contributed by atoms with Crippen molar-refractivity contribution in [3.8, 4) is 0 Å². The number of rotatable bonds is 3. The molecule has 0 bridgehead atoms. The molecule has 8 heteroatoms. The van der Waals surface area contributed by atoms with Crippen LogP contribution in [-0.4, -0.2) is 71.1 Å². The van der Waals surface area contributed by atoms with Gasteiger partial charge in [-0.25, -0.2) is 4.68 Å². The normalized spacial score (nSPS) is 19.4. The molecule has 8 nitrogen and oxygen atoms in total. The minimum Gasteiger partial charge on any atom is -0.373 e. The number of H-pyrrole nitrogens is 1. The molecule has 1 atom stereocenters. The Hall–Kier alpha value is -1.93. The van der Waals surface area contributed by atoms with Crippen molar-refractivity contribution in [2.24, 2.45) is 0 Å². The summed E-state index contributed by atoms with van der Waals surface area (Å²) in [5.74, 6) is 0.588. The van der Waals surface area contributed by atoms with Gasteiger partial charge in [0.25, 0.3) is 5.56 Å². The van der Waals surface area contributed by atoms with E-state index >= 15 is 0 Å². The van der Waals surface area contributed by atoms with Crippen molar-refractivity contribution < 1.29 is 4.74 Å². The van der Waals surface area contributed by atoms with Gasteiger partial charge in [0.15, 0.2) is 5.65 Å². The molecular formula is C16H26N6O2. The van der Waals surface area contributed by atoms with Gasteiger partial charge in [-0.15, -0.1) is 0 Å². The third-order valence-electron chi connectivity index (χ3n) is 4.07. The molecule has 1 unspecified atom stereocenters. The molecule has 1 saturated heterocycles. The largest absolute Gasteiger partial charge is 0.373 e. The van der Waals surface area contributed by atoms with Crippen LogP contribution in [0.2, 0.25) is 0 Å². The SMILES string of the molecule is CN(C)CC1CN(c2nc3c(cnn3C(C)(C)C)c(=O)[nH]2)CCO1. The quantitative estimate of drug-likeness (QED) is 0.887. The van der Waals surface area contributed by atoms with Gasteiger partial charge >= 0.3 is 0 Å². The molecule has 132 valence electrons. The van der Waals surface area contributed by atoms with Crippen molar-refractivity contribution in [1.82, 2.24) is 24.6 Å². The molecule has 0 radical (unpaired) electrons. The van der Waals surface area contributed by atoms with Crippen LogP contribution in [0.4, 0.5) is 5.95 Å². The summed E-state index contributed by atoms with van der Waals surface area (Å²) in [6.07, 6.45) is 1.69. The summed E-state index contributed by atoms with van der Waals surface area (Å²) in [5.41, 5.74) is 0.233. The number of hydrogen-bond acceptors (Lipinski definition) is 6. The number of nitrogens with zero attached hydrogens (tertiary/aromatic N) is 5. The van der Waals surface area contributed by atoms with Crippen LogP contribution in [0.25, 0.3) is 11.0 Å². The lowest BCUT2D eigenvalue weighted by Crippen LogP contribution is -2.47. The molecule has 3 heterocycles. The number of anilines is 1. The van der Waals surface area contributed by atoms with E-state index in [0.717, 1.165) is 6.54 Å². The van der Waals surface area contributed by atoms with Crippen LogP contribution in [0.5, 0.6) is 0 Å². The summed E-state index contributed by atoms with van der Waals surface area (Å²) < 4.78 is 7.60. The first-order chi connectivity index (χ1) is 11.3. The van der Waals surface area contributed by atoms with E-state index in [0.29, 0.717) is 36.7 Å². The molecular weight excluding hydrogens is 308 g/mol. The summed E-state index contributed by atoms with van der Waals surface area (Å²) in [7, 11) is 4.05. The number of ether oxygens (including phenoxy) is 1. The van der Waals surface area contributed by atoms with Crippen molar-refractivity contribution in [3.05, 3.63) is 16.6 Å². The second-order valence-electron chi connectivity index (χ2n) is 7.56. The Kier molecular flexibility index (Phi) is 4.35. The Labute approximate surface area is 141 Å². The summed E-state index contributed by atoms with van der Waals surface area (Å²) in [6, 6.07) is 0. The molecule has 0 saturated carbocycles. The predicted molar refractivity (Wildman–Crippen MR) is 93.7 cm³/mol. The molecule has 24 heavy (non-hydrogen) atoms. The highest BCUT2D eigenvalue weighted by atomic mass is 16.5. The van der Waals surface area contributed by atoms with Crippen LogP contribution in [0.1, 0.15) is 20.8 Å². The summed E-state index contributed by atoms with van der Waals surface area (Å²) in [4.78, 5) is 24.2. The van der Waals surface area contributed by atoms with Crippen molar-refractivity contribution in [3.63, 3.8) is 0 Å². The van der Waals surface area contributed by atoms with E-state index in [-0.39, 0.29) is 17.2 Å². The number of morpholine rings is 1. The maximum atomic E-state index is 12.4. The van der Waals surface area contributed by atoms with E-state index in [4.69, 9.17) is 9.72 Å².